The van der Waals surface area contributed by atoms with Crippen molar-refractivity contribution in [1.82, 2.24) is 4.98 Å². The summed E-state index contributed by atoms with van der Waals surface area (Å²) in [7, 11) is 0. The van der Waals surface area contributed by atoms with E-state index in [0.717, 1.165) is 31.6 Å². The van der Waals surface area contributed by atoms with Crippen LogP contribution in [-0.4, -0.2) is 28.9 Å². The second kappa shape index (κ2) is 4.07. The highest BCUT2D eigenvalue weighted by Gasteiger charge is 2.45. The van der Waals surface area contributed by atoms with E-state index in [-0.39, 0.29) is 11.8 Å². The molecule has 3 atom stereocenters. The van der Waals surface area contributed by atoms with Crippen LogP contribution in [0.5, 0.6) is 0 Å². The lowest BCUT2D eigenvalue weighted by atomic mass is 9.76. The summed E-state index contributed by atoms with van der Waals surface area (Å²) in [5.74, 6) is 0.422. The Morgan fingerprint density at radius 2 is 2.35 bits per heavy atom. The van der Waals surface area contributed by atoms with Gasteiger partial charge in [0.15, 0.2) is 0 Å². The zero-order chi connectivity index (χ0) is 11.9. The van der Waals surface area contributed by atoms with Gasteiger partial charge in [0.05, 0.1) is 12.2 Å². The minimum Gasteiger partial charge on any atom is -0.389 e. The average molecular weight is 233 g/mol. The van der Waals surface area contributed by atoms with Crippen molar-refractivity contribution in [2.45, 2.75) is 37.7 Å². The molecule has 92 valence electrons. The zero-order valence-corrected chi connectivity index (χ0v) is 10.2. The number of aromatic nitrogens is 1. The molecule has 17 heavy (non-hydrogen) atoms. The molecule has 3 unspecified atom stereocenters. The highest BCUT2D eigenvalue weighted by Crippen LogP contribution is 2.44. The highest BCUT2D eigenvalue weighted by molar-refractivity contribution is 5.31. The van der Waals surface area contributed by atoms with Crippen molar-refractivity contribution in [2.24, 2.45) is 5.92 Å². The van der Waals surface area contributed by atoms with Gasteiger partial charge < -0.3 is 9.84 Å². The molecule has 2 aliphatic rings. The van der Waals surface area contributed by atoms with E-state index in [0.29, 0.717) is 6.61 Å². The minimum atomic E-state index is -0.684. The first-order valence-corrected chi connectivity index (χ1v) is 6.43. The van der Waals surface area contributed by atoms with Crippen LogP contribution in [-0.2, 0) is 11.2 Å². The Morgan fingerprint density at radius 1 is 1.47 bits per heavy atom. The maximum Gasteiger partial charge on any atom is 0.0754 e. The van der Waals surface area contributed by atoms with Crippen LogP contribution in [0.4, 0.5) is 0 Å². The molecule has 1 saturated heterocycles. The van der Waals surface area contributed by atoms with Crippen LogP contribution in [0.2, 0.25) is 0 Å². The second-order valence-corrected chi connectivity index (χ2v) is 5.43. The van der Waals surface area contributed by atoms with Crippen molar-refractivity contribution in [2.75, 3.05) is 13.2 Å². The topological polar surface area (TPSA) is 42.4 Å². The number of fused-ring (bicyclic) bond motifs is 1. The SMILES string of the molecule is CC(O)(C1CCOC1)C1CCc2cccnc21. The number of aryl methyl sites for hydroxylation is 1. The summed E-state index contributed by atoms with van der Waals surface area (Å²) < 4.78 is 5.41. The lowest BCUT2D eigenvalue weighted by molar-refractivity contribution is -0.0298. The number of aliphatic hydroxyl groups is 1. The van der Waals surface area contributed by atoms with Crippen molar-refractivity contribution in [3.63, 3.8) is 0 Å². The van der Waals surface area contributed by atoms with Gasteiger partial charge in [0.25, 0.3) is 0 Å². The quantitative estimate of drug-likeness (QED) is 0.848. The minimum absolute atomic E-state index is 0.172. The molecule has 3 nitrogen and oxygen atoms in total. The first-order chi connectivity index (χ1) is 8.19. The molecule has 0 saturated carbocycles. The lowest BCUT2D eigenvalue weighted by Gasteiger charge is -2.35. The summed E-state index contributed by atoms with van der Waals surface area (Å²) in [6.45, 7) is 3.43. The van der Waals surface area contributed by atoms with E-state index in [1.165, 1.54) is 5.56 Å². The van der Waals surface area contributed by atoms with Crippen molar-refractivity contribution >= 4 is 0 Å². The average Bonchev–Trinajstić information content (AvgIpc) is 2.99. The van der Waals surface area contributed by atoms with Gasteiger partial charge >= 0.3 is 0 Å². The molecule has 0 radical (unpaired) electrons. The van der Waals surface area contributed by atoms with Crippen molar-refractivity contribution in [1.29, 1.82) is 0 Å². The molecule has 1 aliphatic heterocycles. The van der Waals surface area contributed by atoms with Gasteiger partial charge in [0, 0.05) is 30.3 Å². The van der Waals surface area contributed by atoms with Crippen LogP contribution in [0.3, 0.4) is 0 Å². The summed E-state index contributed by atoms with van der Waals surface area (Å²) in [5, 5.41) is 10.8. The number of pyridine rings is 1. The predicted octanol–water partition coefficient (Wildman–Crippen LogP) is 1.90. The van der Waals surface area contributed by atoms with Gasteiger partial charge in [-0.05, 0) is 37.8 Å². The Bertz CT molecular complexity index is 410. The molecular weight excluding hydrogens is 214 g/mol. The van der Waals surface area contributed by atoms with Crippen LogP contribution >= 0.6 is 0 Å². The number of rotatable bonds is 2. The van der Waals surface area contributed by atoms with Gasteiger partial charge in [-0.2, -0.15) is 0 Å². The number of hydrogen-bond acceptors (Lipinski definition) is 3. The van der Waals surface area contributed by atoms with Gasteiger partial charge in [0.1, 0.15) is 0 Å². The number of ether oxygens (including phenoxy) is 1. The van der Waals surface area contributed by atoms with Gasteiger partial charge in [-0.15, -0.1) is 0 Å². The second-order valence-electron chi connectivity index (χ2n) is 5.43. The van der Waals surface area contributed by atoms with Crippen molar-refractivity contribution in [3.05, 3.63) is 29.6 Å². The van der Waals surface area contributed by atoms with Crippen molar-refractivity contribution in [3.8, 4) is 0 Å². The van der Waals surface area contributed by atoms with Crippen LogP contribution in [0.1, 0.15) is 36.9 Å². The fourth-order valence-electron chi connectivity index (χ4n) is 3.26. The van der Waals surface area contributed by atoms with E-state index >= 15 is 0 Å². The zero-order valence-electron chi connectivity index (χ0n) is 10.2. The summed E-state index contributed by atoms with van der Waals surface area (Å²) in [4.78, 5) is 4.48. The fraction of sp³-hybridized carbons (Fsp3) is 0.643. The largest absolute Gasteiger partial charge is 0.389 e. The Hall–Kier alpha value is -0.930. The van der Waals surface area contributed by atoms with Gasteiger partial charge in [-0.25, -0.2) is 0 Å². The van der Waals surface area contributed by atoms with E-state index in [1.807, 2.05) is 19.2 Å². The maximum absolute atomic E-state index is 10.8. The lowest BCUT2D eigenvalue weighted by Crippen LogP contribution is -2.40. The molecule has 3 rings (SSSR count). The van der Waals surface area contributed by atoms with Gasteiger partial charge in [-0.1, -0.05) is 6.07 Å². The molecule has 0 bridgehead atoms. The smallest absolute Gasteiger partial charge is 0.0754 e. The van der Waals surface area contributed by atoms with Crippen LogP contribution < -0.4 is 0 Å². The molecule has 1 aromatic rings. The summed E-state index contributed by atoms with van der Waals surface area (Å²) >= 11 is 0. The molecule has 3 heteroatoms. The first kappa shape index (κ1) is 11.2. The molecule has 1 fully saturated rings. The monoisotopic (exact) mass is 233 g/mol. The molecule has 1 aromatic heterocycles. The fourth-order valence-corrected chi connectivity index (χ4v) is 3.26. The molecular formula is C14H19NO2. The standard InChI is InChI=1S/C14H19NO2/c1-14(16,11-6-8-17-9-11)12-5-4-10-3-2-7-15-13(10)12/h2-3,7,11-12,16H,4-6,8-9H2,1H3. The number of nitrogens with zero attached hydrogens (tertiary/aromatic N) is 1. The van der Waals surface area contributed by atoms with Crippen LogP contribution in [0.15, 0.2) is 18.3 Å². The summed E-state index contributed by atoms with van der Waals surface area (Å²) in [6.07, 6.45) is 4.84. The third-order valence-corrected chi connectivity index (χ3v) is 4.42. The molecule has 1 aliphatic carbocycles. The summed E-state index contributed by atoms with van der Waals surface area (Å²) in [5.41, 5.74) is 1.72. The Morgan fingerprint density at radius 3 is 3.12 bits per heavy atom. The molecule has 1 N–H and O–H groups in total. The summed E-state index contributed by atoms with van der Waals surface area (Å²) in [6, 6.07) is 4.11. The Kier molecular flexibility index (Phi) is 2.68. The predicted molar refractivity (Wildman–Crippen MR) is 64.8 cm³/mol. The van der Waals surface area contributed by atoms with E-state index in [2.05, 4.69) is 11.1 Å². The van der Waals surface area contributed by atoms with E-state index in [4.69, 9.17) is 4.74 Å². The van der Waals surface area contributed by atoms with Crippen molar-refractivity contribution < 1.29 is 9.84 Å². The maximum atomic E-state index is 10.8. The Labute approximate surface area is 102 Å². The van der Waals surface area contributed by atoms with Crippen LogP contribution in [0.25, 0.3) is 0 Å². The van der Waals surface area contributed by atoms with Gasteiger partial charge in [0.2, 0.25) is 0 Å². The molecule has 0 aromatic carbocycles. The van der Waals surface area contributed by atoms with E-state index in [1.54, 1.807) is 0 Å². The molecule has 0 amide bonds. The Balaban J connectivity index is 1.90. The molecule has 2 heterocycles. The van der Waals surface area contributed by atoms with Gasteiger partial charge in [-0.3, -0.25) is 4.98 Å². The normalized spacial score (nSPS) is 31.2. The van der Waals surface area contributed by atoms with Crippen LogP contribution in [0, 0.1) is 5.92 Å². The number of hydrogen-bond donors (Lipinski definition) is 1. The third kappa shape index (κ3) is 1.78. The van der Waals surface area contributed by atoms with E-state index < -0.39 is 5.60 Å². The van der Waals surface area contributed by atoms with E-state index in [9.17, 15) is 5.11 Å². The highest BCUT2D eigenvalue weighted by atomic mass is 16.5. The first-order valence-electron chi connectivity index (χ1n) is 6.43. The molecule has 0 spiro atoms. The third-order valence-electron chi connectivity index (χ3n) is 4.42.